The fourth-order valence-electron chi connectivity index (χ4n) is 3.88. The van der Waals surface area contributed by atoms with E-state index in [0.717, 1.165) is 22.1 Å². The van der Waals surface area contributed by atoms with Crippen LogP contribution in [0.1, 0.15) is 18.7 Å². The molecule has 2 aliphatic heterocycles. The number of imide groups is 2. The van der Waals surface area contributed by atoms with Crippen molar-refractivity contribution in [2.24, 2.45) is 0 Å². The van der Waals surface area contributed by atoms with Crippen LogP contribution in [0, 0.1) is 0 Å². The van der Waals surface area contributed by atoms with Crippen molar-refractivity contribution >= 4 is 23.6 Å². The number of likely N-dealkylation sites (N-methyl/N-ethyl adjacent to an activating group) is 1. The number of hydrogen-bond acceptors (Lipinski definition) is 10. The van der Waals surface area contributed by atoms with Crippen molar-refractivity contribution in [3.63, 3.8) is 0 Å². The Morgan fingerprint density at radius 1 is 1.18 bits per heavy atom. The number of hydrogen-bond donors (Lipinski definition) is 1. The fraction of sp³-hybridized carbons (Fsp3) is 0.227. The molecule has 0 radical (unpaired) electrons. The van der Waals surface area contributed by atoms with Crippen LogP contribution in [0.4, 0.5) is 0 Å². The summed E-state index contributed by atoms with van der Waals surface area (Å²) in [4.78, 5) is 55.7. The van der Waals surface area contributed by atoms with Gasteiger partial charge < -0.3 is 13.9 Å². The van der Waals surface area contributed by atoms with E-state index >= 15 is 0 Å². The Morgan fingerprint density at radius 3 is 2.76 bits per heavy atom. The van der Waals surface area contributed by atoms with Gasteiger partial charge in [0.2, 0.25) is 23.5 Å². The van der Waals surface area contributed by atoms with Crippen LogP contribution in [0.15, 0.2) is 57.5 Å². The predicted octanol–water partition coefficient (Wildman–Crippen LogP) is 0.881. The van der Waals surface area contributed by atoms with Crippen molar-refractivity contribution < 1.29 is 28.2 Å². The lowest BCUT2D eigenvalue weighted by atomic mass is 10.0. The minimum absolute atomic E-state index is 0.0573. The van der Waals surface area contributed by atoms with E-state index in [-0.39, 0.29) is 31.0 Å². The van der Waals surface area contributed by atoms with E-state index < -0.39 is 29.7 Å². The summed E-state index contributed by atoms with van der Waals surface area (Å²) in [5, 5.41) is 9.87. The van der Waals surface area contributed by atoms with E-state index in [1.54, 1.807) is 13.2 Å². The maximum Gasteiger partial charge on any atom is 0.277 e. The third kappa shape index (κ3) is 3.85. The molecule has 0 aliphatic carbocycles. The number of carbonyl (C=O) groups is 4. The predicted molar refractivity (Wildman–Crippen MR) is 113 cm³/mol. The molecule has 4 heterocycles. The normalized spacial score (nSPS) is 18.3. The first-order valence-electron chi connectivity index (χ1n) is 10.4. The Kier molecular flexibility index (Phi) is 5.24. The van der Waals surface area contributed by atoms with E-state index in [1.165, 1.54) is 11.2 Å². The van der Waals surface area contributed by atoms with Crippen LogP contribution in [0.2, 0.25) is 0 Å². The molecular formula is C22H18N6O6. The van der Waals surface area contributed by atoms with Crippen molar-refractivity contribution in [3.8, 4) is 22.5 Å². The standard InChI is InChI=1S/C22H18N6O6/c1-27(16-8-19(30)28(22(16)32)15-5-6-17(29)24-21(15)31)10-18-25-20(26-34-18)13-4-2-3-12(7-13)14-9-23-33-11-14/h2-4,7-9,11,15H,5-6,10H2,1H3,(H,24,29,31). The molecule has 1 aromatic carbocycles. The van der Waals surface area contributed by atoms with Gasteiger partial charge in [-0.25, -0.2) is 0 Å². The summed E-state index contributed by atoms with van der Waals surface area (Å²) in [6, 6.07) is 6.41. The average molecular weight is 462 g/mol. The van der Waals surface area contributed by atoms with E-state index in [2.05, 4.69) is 20.6 Å². The highest BCUT2D eigenvalue weighted by molar-refractivity contribution is 6.18. The topological polar surface area (TPSA) is 152 Å². The lowest BCUT2D eigenvalue weighted by Crippen LogP contribution is -2.54. The molecule has 1 saturated heterocycles. The summed E-state index contributed by atoms with van der Waals surface area (Å²) < 4.78 is 10.2. The number of piperidine rings is 1. The summed E-state index contributed by atoms with van der Waals surface area (Å²) in [6.07, 6.45) is 4.43. The minimum Gasteiger partial charge on any atom is -0.364 e. The minimum atomic E-state index is -1.02. The van der Waals surface area contributed by atoms with Gasteiger partial charge in [-0.2, -0.15) is 4.98 Å². The zero-order valence-corrected chi connectivity index (χ0v) is 17.9. The Bertz CT molecular complexity index is 1330. The molecule has 0 spiro atoms. The zero-order valence-electron chi connectivity index (χ0n) is 17.9. The Hall–Kier alpha value is -4.61. The van der Waals surface area contributed by atoms with E-state index in [1.807, 2.05) is 24.3 Å². The van der Waals surface area contributed by atoms with Crippen LogP contribution in [-0.2, 0) is 25.7 Å². The first kappa shape index (κ1) is 21.2. The fourth-order valence-corrected chi connectivity index (χ4v) is 3.88. The van der Waals surface area contributed by atoms with Crippen molar-refractivity contribution in [3.05, 3.63) is 54.4 Å². The first-order chi connectivity index (χ1) is 16.4. The molecule has 1 N–H and O–H groups in total. The summed E-state index contributed by atoms with van der Waals surface area (Å²) in [7, 11) is 1.60. The average Bonchev–Trinajstić information content (AvgIpc) is 3.56. The highest BCUT2D eigenvalue weighted by Crippen LogP contribution is 2.26. The third-order valence-electron chi connectivity index (χ3n) is 5.60. The van der Waals surface area contributed by atoms with Gasteiger partial charge in [0.05, 0.1) is 12.7 Å². The molecule has 2 aliphatic rings. The number of aromatic nitrogens is 3. The van der Waals surface area contributed by atoms with Gasteiger partial charge in [-0.3, -0.25) is 29.4 Å². The molecule has 12 heteroatoms. The van der Waals surface area contributed by atoms with Gasteiger partial charge in [-0.1, -0.05) is 28.5 Å². The highest BCUT2D eigenvalue weighted by Gasteiger charge is 2.43. The number of carbonyl (C=O) groups excluding carboxylic acids is 4. The molecular weight excluding hydrogens is 444 g/mol. The number of amides is 4. The van der Waals surface area contributed by atoms with Crippen molar-refractivity contribution in [1.82, 2.24) is 30.4 Å². The molecule has 1 fully saturated rings. The summed E-state index contributed by atoms with van der Waals surface area (Å²) in [6.45, 7) is 0.0619. The molecule has 172 valence electrons. The second-order valence-electron chi connectivity index (χ2n) is 7.87. The van der Waals surface area contributed by atoms with E-state index in [9.17, 15) is 19.2 Å². The van der Waals surface area contributed by atoms with E-state index in [4.69, 9.17) is 9.05 Å². The molecule has 12 nitrogen and oxygen atoms in total. The molecule has 1 unspecified atom stereocenters. The second kappa shape index (κ2) is 8.39. The SMILES string of the molecule is CN(Cc1nc(-c2cccc(-c3cnoc3)c2)no1)C1=CC(=O)N(C2CCC(=O)NC2=O)C1=O. The van der Waals surface area contributed by atoms with Crippen LogP contribution in [0.5, 0.6) is 0 Å². The number of nitrogens with zero attached hydrogens (tertiary/aromatic N) is 5. The molecule has 5 rings (SSSR count). The first-order valence-corrected chi connectivity index (χ1v) is 10.4. The summed E-state index contributed by atoms with van der Waals surface area (Å²) in [5.41, 5.74) is 2.48. The van der Waals surface area contributed by atoms with Gasteiger partial charge in [-0.05, 0) is 18.1 Å². The van der Waals surface area contributed by atoms with Gasteiger partial charge >= 0.3 is 0 Å². The van der Waals surface area contributed by atoms with Crippen molar-refractivity contribution in [1.29, 1.82) is 0 Å². The maximum atomic E-state index is 12.9. The molecule has 4 amide bonds. The number of benzene rings is 1. The van der Waals surface area contributed by atoms with Gasteiger partial charge in [0, 0.05) is 30.7 Å². The molecule has 0 saturated carbocycles. The Morgan fingerprint density at radius 2 is 2.00 bits per heavy atom. The monoisotopic (exact) mass is 462 g/mol. The quantitative estimate of drug-likeness (QED) is 0.523. The summed E-state index contributed by atoms with van der Waals surface area (Å²) >= 11 is 0. The van der Waals surface area contributed by atoms with Gasteiger partial charge in [0.1, 0.15) is 18.0 Å². The summed E-state index contributed by atoms with van der Waals surface area (Å²) in [5.74, 6) is -1.74. The van der Waals surface area contributed by atoms with Crippen molar-refractivity contribution in [2.45, 2.75) is 25.4 Å². The van der Waals surface area contributed by atoms with Gasteiger partial charge in [-0.15, -0.1) is 0 Å². The third-order valence-corrected chi connectivity index (χ3v) is 5.60. The van der Waals surface area contributed by atoms with Gasteiger partial charge in [0.25, 0.3) is 11.8 Å². The Balaban J connectivity index is 1.29. The number of nitrogens with one attached hydrogen (secondary N) is 1. The maximum absolute atomic E-state index is 12.9. The van der Waals surface area contributed by atoms with Crippen LogP contribution in [0.25, 0.3) is 22.5 Å². The lowest BCUT2D eigenvalue weighted by molar-refractivity contribution is -0.150. The van der Waals surface area contributed by atoms with Gasteiger partial charge in [0.15, 0.2) is 0 Å². The lowest BCUT2D eigenvalue weighted by Gasteiger charge is -2.29. The highest BCUT2D eigenvalue weighted by atomic mass is 16.5. The largest absolute Gasteiger partial charge is 0.364 e. The van der Waals surface area contributed by atoms with E-state index in [0.29, 0.717) is 11.4 Å². The van der Waals surface area contributed by atoms with Crippen LogP contribution >= 0.6 is 0 Å². The van der Waals surface area contributed by atoms with Crippen LogP contribution < -0.4 is 5.32 Å². The molecule has 2 aromatic heterocycles. The van der Waals surface area contributed by atoms with Crippen LogP contribution in [0.3, 0.4) is 0 Å². The second-order valence-corrected chi connectivity index (χ2v) is 7.87. The molecule has 34 heavy (non-hydrogen) atoms. The van der Waals surface area contributed by atoms with Crippen molar-refractivity contribution in [2.75, 3.05) is 7.05 Å². The zero-order chi connectivity index (χ0) is 23.8. The molecule has 0 bridgehead atoms. The smallest absolute Gasteiger partial charge is 0.277 e. The van der Waals surface area contributed by atoms with Crippen LogP contribution in [-0.4, -0.2) is 61.8 Å². The molecule has 1 atom stereocenters. The molecule has 3 aromatic rings. The Labute approximate surface area is 192 Å². The number of rotatable bonds is 6.